The van der Waals surface area contributed by atoms with Crippen molar-refractivity contribution < 1.29 is 9.50 Å². The van der Waals surface area contributed by atoms with Gasteiger partial charge in [0.2, 0.25) is 0 Å². The number of hydrogen-bond acceptors (Lipinski definition) is 2. The fraction of sp³-hybridized carbons (Fsp3) is 0.455. The van der Waals surface area contributed by atoms with Gasteiger partial charge in [0.05, 0.1) is 0 Å². The van der Waals surface area contributed by atoms with Crippen molar-refractivity contribution in [2.24, 2.45) is 11.7 Å². The van der Waals surface area contributed by atoms with Gasteiger partial charge in [-0.05, 0) is 30.0 Å². The van der Waals surface area contributed by atoms with Crippen molar-refractivity contribution in [3.8, 4) is 5.75 Å². The van der Waals surface area contributed by atoms with Crippen LogP contribution in [0.3, 0.4) is 0 Å². The Balaban J connectivity index is 2.73. The predicted octanol–water partition coefficient (Wildman–Crippen LogP) is 2.06. The molecule has 0 fully saturated rings. The maximum Gasteiger partial charge on any atom is 0.165 e. The largest absolute Gasteiger partial charge is 0.505 e. The number of halogens is 1. The molecular weight excluding hydrogens is 181 g/mol. The molecule has 78 valence electrons. The van der Waals surface area contributed by atoms with Gasteiger partial charge in [-0.1, -0.05) is 19.9 Å². The average molecular weight is 197 g/mol. The molecule has 1 unspecified atom stereocenters. The van der Waals surface area contributed by atoms with Crippen LogP contribution in [0.25, 0.3) is 0 Å². The zero-order valence-corrected chi connectivity index (χ0v) is 8.50. The maximum absolute atomic E-state index is 12.9. The van der Waals surface area contributed by atoms with Gasteiger partial charge in [-0.15, -0.1) is 0 Å². The Labute approximate surface area is 83.6 Å². The normalized spacial score (nSPS) is 13.2. The summed E-state index contributed by atoms with van der Waals surface area (Å²) in [6, 6.07) is 4.41. The standard InChI is InChI=1S/C11H16FNO/c1-7(2)10(13)6-8-3-4-11(14)9(12)5-8/h3-5,7,10,14H,6,13H2,1-2H3. The first kappa shape index (κ1) is 11.0. The number of benzene rings is 1. The van der Waals surface area contributed by atoms with Gasteiger partial charge >= 0.3 is 0 Å². The summed E-state index contributed by atoms with van der Waals surface area (Å²) in [6.07, 6.45) is 0.634. The van der Waals surface area contributed by atoms with Crippen LogP contribution in [0.15, 0.2) is 18.2 Å². The van der Waals surface area contributed by atoms with E-state index in [0.29, 0.717) is 12.3 Å². The average Bonchev–Trinajstić information content (AvgIpc) is 2.11. The minimum absolute atomic E-state index is 0.0268. The van der Waals surface area contributed by atoms with E-state index in [1.165, 1.54) is 12.1 Å². The van der Waals surface area contributed by atoms with E-state index in [1.807, 2.05) is 13.8 Å². The number of nitrogens with two attached hydrogens (primary N) is 1. The lowest BCUT2D eigenvalue weighted by Crippen LogP contribution is -2.28. The smallest absolute Gasteiger partial charge is 0.165 e. The second-order valence-corrected chi connectivity index (χ2v) is 3.90. The summed E-state index contributed by atoms with van der Waals surface area (Å²) in [5.74, 6) is -0.530. The highest BCUT2D eigenvalue weighted by Gasteiger charge is 2.09. The molecule has 0 saturated carbocycles. The minimum atomic E-state index is -0.585. The van der Waals surface area contributed by atoms with E-state index < -0.39 is 5.82 Å². The summed E-state index contributed by atoms with van der Waals surface area (Å²) < 4.78 is 12.9. The SMILES string of the molecule is CC(C)C(N)Cc1ccc(O)c(F)c1. The molecule has 1 aromatic rings. The molecule has 3 heteroatoms. The Morgan fingerprint density at radius 1 is 1.43 bits per heavy atom. The third-order valence-corrected chi connectivity index (χ3v) is 2.34. The number of rotatable bonds is 3. The highest BCUT2D eigenvalue weighted by atomic mass is 19.1. The monoisotopic (exact) mass is 197 g/mol. The van der Waals surface area contributed by atoms with Gasteiger partial charge in [-0.25, -0.2) is 4.39 Å². The number of aromatic hydroxyl groups is 1. The van der Waals surface area contributed by atoms with E-state index in [-0.39, 0.29) is 11.8 Å². The van der Waals surface area contributed by atoms with Crippen molar-refractivity contribution in [1.82, 2.24) is 0 Å². The van der Waals surface area contributed by atoms with Crippen molar-refractivity contribution in [3.63, 3.8) is 0 Å². The summed E-state index contributed by atoms with van der Waals surface area (Å²) in [4.78, 5) is 0. The van der Waals surface area contributed by atoms with Crippen LogP contribution in [0.5, 0.6) is 5.75 Å². The number of phenols is 1. The lowest BCUT2D eigenvalue weighted by Gasteiger charge is -2.15. The van der Waals surface area contributed by atoms with E-state index in [9.17, 15) is 4.39 Å². The van der Waals surface area contributed by atoms with E-state index in [2.05, 4.69) is 0 Å². The van der Waals surface area contributed by atoms with Crippen molar-refractivity contribution in [1.29, 1.82) is 0 Å². The lowest BCUT2D eigenvalue weighted by molar-refractivity contribution is 0.430. The summed E-state index contributed by atoms with van der Waals surface area (Å²) in [7, 11) is 0. The Morgan fingerprint density at radius 3 is 2.57 bits per heavy atom. The van der Waals surface area contributed by atoms with Crippen molar-refractivity contribution in [2.75, 3.05) is 0 Å². The Bertz CT molecular complexity index is 312. The molecule has 0 aliphatic rings. The molecule has 0 saturated heterocycles. The second kappa shape index (κ2) is 4.42. The summed E-state index contributed by atoms with van der Waals surface area (Å²) in [5.41, 5.74) is 6.67. The molecule has 3 N–H and O–H groups in total. The van der Waals surface area contributed by atoms with Crippen molar-refractivity contribution in [2.45, 2.75) is 26.3 Å². The fourth-order valence-electron chi connectivity index (χ4n) is 1.19. The molecule has 0 radical (unpaired) electrons. The van der Waals surface area contributed by atoms with Gasteiger partial charge in [0.1, 0.15) is 0 Å². The number of hydrogen-bond donors (Lipinski definition) is 2. The van der Waals surface area contributed by atoms with Gasteiger partial charge in [0, 0.05) is 6.04 Å². The summed E-state index contributed by atoms with van der Waals surface area (Å²) in [5, 5.41) is 8.98. The lowest BCUT2D eigenvalue weighted by atomic mass is 9.97. The number of phenolic OH excluding ortho intramolecular Hbond substituents is 1. The molecule has 0 aliphatic heterocycles. The third kappa shape index (κ3) is 2.70. The summed E-state index contributed by atoms with van der Waals surface area (Å²) in [6.45, 7) is 4.06. The molecule has 0 aliphatic carbocycles. The maximum atomic E-state index is 12.9. The quantitative estimate of drug-likeness (QED) is 0.779. The van der Waals surface area contributed by atoms with Gasteiger partial charge < -0.3 is 10.8 Å². The molecule has 2 nitrogen and oxygen atoms in total. The van der Waals surface area contributed by atoms with Gasteiger partial charge in [-0.3, -0.25) is 0 Å². The second-order valence-electron chi connectivity index (χ2n) is 3.90. The fourth-order valence-corrected chi connectivity index (χ4v) is 1.19. The molecule has 0 spiro atoms. The van der Waals surface area contributed by atoms with Crippen LogP contribution in [0.2, 0.25) is 0 Å². The Kier molecular flexibility index (Phi) is 3.47. The highest BCUT2D eigenvalue weighted by Crippen LogP contribution is 2.17. The van der Waals surface area contributed by atoms with Gasteiger partial charge in [0.15, 0.2) is 11.6 Å². The molecule has 1 aromatic carbocycles. The first-order chi connectivity index (χ1) is 6.50. The van der Waals surface area contributed by atoms with Crippen LogP contribution >= 0.6 is 0 Å². The third-order valence-electron chi connectivity index (χ3n) is 2.34. The van der Waals surface area contributed by atoms with E-state index in [0.717, 1.165) is 5.56 Å². The Hall–Kier alpha value is -1.09. The minimum Gasteiger partial charge on any atom is -0.505 e. The van der Waals surface area contributed by atoms with E-state index in [1.54, 1.807) is 6.07 Å². The Morgan fingerprint density at radius 2 is 2.07 bits per heavy atom. The zero-order chi connectivity index (χ0) is 10.7. The predicted molar refractivity (Wildman–Crippen MR) is 54.6 cm³/mol. The molecule has 0 bridgehead atoms. The van der Waals surface area contributed by atoms with Crippen molar-refractivity contribution in [3.05, 3.63) is 29.6 Å². The van der Waals surface area contributed by atoms with Crippen LogP contribution in [-0.4, -0.2) is 11.1 Å². The molecule has 1 atom stereocenters. The van der Waals surface area contributed by atoms with Crippen LogP contribution in [0.4, 0.5) is 4.39 Å². The highest BCUT2D eigenvalue weighted by molar-refractivity contribution is 5.28. The first-order valence-electron chi connectivity index (χ1n) is 4.73. The van der Waals surface area contributed by atoms with E-state index in [4.69, 9.17) is 10.8 Å². The van der Waals surface area contributed by atoms with Crippen molar-refractivity contribution >= 4 is 0 Å². The molecule has 14 heavy (non-hydrogen) atoms. The molecule has 0 aromatic heterocycles. The van der Waals surface area contributed by atoms with E-state index >= 15 is 0 Å². The van der Waals surface area contributed by atoms with Crippen LogP contribution in [0, 0.1) is 11.7 Å². The molecule has 0 amide bonds. The van der Waals surface area contributed by atoms with Crippen LogP contribution in [0.1, 0.15) is 19.4 Å². The zero-order valence-electron chi connectivity index (χ0n) is 8.50. The summed E-state index contributed by atoms with van der Waals surface area (Å²) >= 11 is 0. The van der Waals surface area contributed by atoms with Gasteiger partial charge in [-0.2, -0.15) is 0 Å². The first-order valence-corrected chi connectivity index (χ1v) is 4.73. The molecular formula is C11H16FNO. The molecule has 1 rings (SSSR count). The van der Waals surface area contributed by atoms with Gasteiger partial charge in [0.25, 0.3) is 0 Å². The molecule has 0 heterocycles. The van der Waals surface area contributed by atoms with Crippen LogP contribution in [-0.2, 0) is 6.42 Å². The van der Waals surface area contributed by atoms with Crippen LogP contribution < -0.4 is 5.73 Å². The topological polar surface area (TPSA) is 46.2 Å².